The van der Waals surface area contributed by atoms with E-state index in [0.717, 1.165) is 29.0 Å². The molecule has 0 unspecified atom stereocenters. The number of amides is 1. The highest BCUT2D eigenvalue weighted by Crippen LogP contribution is 2.27. The van der Waals surface area contributed by atoms with E-state index in [9.17, 15) is 13.2 Å². The Morgan fingerprint density at radius 1 is 1.10 bits per heavy atom. The number of nitrogens with one attached hydrogen (secondary N) is 1. The first-order valence-electron chi connectivity index (χ1n) is 9.32. The summed E-state index contributed by atoms with van der Waals surface area (Å²) in [4.78, 5) is 16.9. The van der Waals surface area contributed by atoms with Crippen LogP contribution in [0, 0.1) is 0 Å². The zero-order chi connectivity index (χ0) is 20.3. The minimum atomic E-state index is -3.42. The standard InChI is InChI=1S/C19H21N5O3S2/c25-18(21-12-15-3-5-16(6-4-15)24-14-20-13-22-24)11-17-7-8-19(28-17)29(26,27)23-9-1-2-10-23/h3-8,13-14H,1-2,9-12H2,(H,21,25). The van der Waals surface area contributed by atoms with Gasteiger partial charge in [0, 0.05) is 24.5 Å². The Bertz CT molecular complexity index is 1070. The van der Waals surface area contributed by atoms with E-state index >= 15 is 0 Å². The van der Waals surface area contributed by atoms with E-state index in [0.29, 0.717) is 23.8 Å². The van der Waals surface area contributed by atoms with Crippen molar-refractivity contribution in [1.29, 1.82) is 0 Å². The highest BCUT2D eigenvalue weighted by atomic mass is 32.2. The van der Waals surface area contributed by atoms with Crippen molar-refractivity contribution in [2.45, 2.75) is 30.0 Å². The van der Waals surface area contributed by atoms with Gasteiger partial charge in [-0.15, -0.1) is 11.3 Å². The van der Waals surface area contributed by atoms with Crippen molar-refractivity contribution in [2.24, 2.45) is 0 Å². The second kappa shape index (κ2) is 8.44. The zero-order valence-electron chi connectivity index (χ0n) is 15.7. The summed E-state index contributed by atoms with van der Waals surface area (Å²) in [7, 11) is -3.42. The summed E-state index contributed by atoms with van der Waals surface area (Å²) in [6, 6.07) is 11.0. The van der Waals surface area contributed by atoms with Crippen LogP contribution in [0.25, 0.3) is 5.69 Å². The number of hydrogen-bond acceptors (Lipinski definition) is 6. The first kappa shape index (κ1) is 19.7. The largest absolute Gasteiger partial charge is 0.352 e. The van der Waals surface area contributed by atoms with Gasteiger partial charge in [0.25, 0.3) is 10.0 Å². The summed E-state index contributed by atoms with van der Waals surface area (Å²) < 4.78 is 28.7. The van der Waals surface area contributed by atoms with Crippen molar-refractivity contribution < 1.29 is 13.2 Å². The number of thiophene rings is 1. The van der Waals surface area contributed by atoms with E-state index in [1.807, 2.05) is 24.3 Å². The van der Waals surface area contributed by atoms with Crippen molar-refractivity contribution >= 4 is 27.3 Å². The van der Waals surface area contributed by atoms with Crippen molar-refractivity contribution in [3.63, 3.8) is 0 Å². The molecule has 4 rings (SSSR count). The van der Waals surface area contributed by atoms with E-state index < -0.39 is 10.0 Å². The molecular weight excluding hydrogens is 410 g/mol. The summed E-state index contributed by atoms with van der Waals surface area (Å²) in [6.45, 7) is 1.55. The SMILES string of the molecule is O=C(Cc1ccc(S(=O)(=O)N2CCCC2)s1)NCc1ccc(-n2cncn2)cc1. The van der Waals surface area contributed by atoms with Crippen molar-refractivity contribution in [2.75, 3.05) is 13.1 Å². The Morgan fingerprint density at radius 2 is 1.86 bits per heavy atom. The second-order valence-electron chi connectivity index (χ2n) is 6.79. The van der Waals surface area contributed by atoms with E-state index in [4.69, 9.17) is 0 Å². The van der Waals surface area contributed by atoms with Gasteiger partial charge in [0.15, 0.2) is 0 Å². The quantitative estimate of drug-likeness (QED) is 0.617. The fourth-order valence-electron chi connectivity index (χ4n) is 3.18. The van der Waals surface area contributed by atoms with Crippen LogP contribution < -0.4 is 5.32 Å². The highest BCUT2D eigenvalue weighted by molar-refractivity contribution is 7.91. The number of carbonyl (C=O) groups excluding carboxylic acids is 1. The average molecular weight is 432 g/mol. The van der Waals surface area contributed by atoms with E-state index in [-0.39, 0.29) is 12.3 Å². The summed E-state index contributed by atoms with van der Waals surface area (Å²) >= 11 is 1.17. The molecule has 1 aliphatic rings. The third kappa shape index (κ3) is 4.55. The van der Waals surface area contributed by atoms with Crippen LogP contribution in [0.15, 0.2) is 53.3 Å². The molecule has 152 valence electrons. The molecule has 0 atom stereocenters. The average Bonchev–Trinajstić information content (AvgIpc) is 3.49. The molecule has 29 heavy (non-hydrogen) atoms. The Hall–Kier alpha value is -2.56. The number of nitrogens with zero attached hydrogens (tertiary/aromatic N) is 4. The van der Waals surface area contributed by atoms with Crippen molar-refractivity contribution in [1.82, 2.24) is 24.4 Å². The smallest absolute Gasteiger partial charge is 0.252 e. The first-order chi connectivity index (χ1) is 14.0. The van der Waals surface area contributed by atoms with Crippen LogP contribution in [0.2, 0.25) is 0 Å². The first-order valence-corrected chi connectivity index (χ1v) is 11.6. The molecule has 1 fully saturated rings. The molecule has 0 radical (unpaired) electrons. The second-order valence-corrected chi connectivity index (χ2v) is 10.1. The molecule has 1 aliphatic heterocycles. The van der Waals surface area contributed by atoms with Gasteiger partial charge in [-0.05, 0) is 42.7 Å². The summed E-state index contributed by atoms with van der Waals surface area (Å²) in [5.74, 6) is -0.141. The number of aromatic nitrogens is 3. The molecule has 10 heteroatoms. The number of carbonyl (C=O) groups is 1. The number of hydrogen-bond donors (Lipinski definition) is 1. The lowest BCUT2D eigenvalue weighted by Crippen LogP contribution is -2.27. The molecule has 1 saturated heterocycles. The van der Waals surface area contributed by atoms with Crippen LogP contribution in [-0.4, -0.2) is 46.5 Å². The fourth-order valence-corrected chi connectivity index (χ4v) is 6.20. The molecular formula is C19H21N5O3S2. The van der Waals surface area contributed by atoms with Gasteiger partial charge < -0.3 is 5.32 Å². The van der Waals surface area contributed by atoms with Crippen LogP contribution in [-0.2, 0) is 27.8 Å². The normalized spacial score (nSPS) is 14.9. The predicted octanol–water partition coefficient (Wildman–Crippen LogP) is 1.97. The van der Waals surface area contributed by atoms with Gasteiger partial charge in [0.1, 0.15) is 16.9 Å². The third-order valence-electron chi connectivity index (χ3n) is 4.74. The number of rotatable bonds is 7. The maximum absolute atomic E-state index is 12.6. The third-order valence-corrected chi connectivity index (χ3v) is 8.19. The van der Waals surface area contributed by atoms with E-state index in [2.05, 4.69) is 15.4 Å². The molecule has 0 spiro atoms. The van der Waals surface area contributed by atoms with Gasteiger partial charge in [0.2, 0.25) is 5.91 Å². The Morgan fingerprint density at radius 3 is 2.55 bits per heavy atom. The van der Waals surface area contributed by atoms with Gasteiger partial charge >= 0.3 is 0 Å². The van der Waals surface area contributed by atoms with E-state index in [1.54, 1.807) is 23.1 Å². The summed E-state index contributed by atoms with van der Waals surface area (Å²) in [5, 5.41) is 6.95. The molecule has 2 aromatic heterocycles. The monoisotopic (exact) mass is 431 g/mol. The minimum absolute atomic E-state index is 0.141. The number of benzene rings is 1. The molecule has 3 heterocycles. The van der Waals surface area contributed by atoms with Crippen molar-refractivity contribution in [3.8, 4) is 5.69 Å². The van der Waals surface area contributed by atoms with Gasteiger partial charge in [-0.3, -0.25) is 4.79 Å². The van der Waals surface area contributed by atoms with Gasteiger partial charge in [0.05, 0.1) is 12.1 Å². The van der Waals surface area contributed by atoms with Crippen LogP contribution in [0.3, 0.4) is 0 Å². The lowest BCUT2D eigenvalue weighted by atomic mass is 10.2. The maximum atomic E-state index is 12.6. The molecule has 0 saturated carbocycles. The lowest BCUT2D eigenvalue weighted by Gasteiger charge is -2.13. The van der Waals surface area contributed by atoms with Gasteiger partial charge in [-0.25, -0.2) is 18.1 Å². The molecule has 3 aromatic rings. The molecule has 0 bridgehead atoms. The van der Waals surface area contributed by atoms with Crippen LogP contribution >= 0.6 is 11.3 Å². The molecule has 8 nitrogen and oxygen atoms in total. The van der Waals surface area contributed by atoms with Crippen LogP contribution in [0.4, 0.5) is 0 Å². The lowest BCUT2D eigenvalue weighted by molar-refractivity contribution is -0.120. The molecule has 1 N–H and O–H groups in total. The fraction of sp³-hybridized carbons (Fsp3) is 0.316. The van der Waals surface area contributed by atoms with E-state index in [1.165, 1.54) is 22.0 Å². The molecule has 1 aromatic carbocycles. The highest BCUT2D eigenvalue weighted by Gasteiger charge is 2.28. The van der Waals surface area contributed by atoms with Crippen LogP contribution in [0.1, 0.15) is 23.3 Å². The number of sulfonamides is 1. The van der Waals surface area contributed by atoms with Gasteiger partial charge in [-0.2, -0.15) is 9.40 Å². The summed E-state index contributed by atoms with van der Waals surface area (Å²) in [6.07, 6.45) is 5.06. The molecule has 1 amide bonds. The van der Waals surface area contributed by atoms with Gasteiger partial charge in [-0.1, -0.05) is 12.1 Å². The Balaban J connectivity index is 1.31. The Kier molecular flexibility index (Phi) is 5.74. The minimum Gasteiger partial charge on any atom is -0.352 e. The molecule has 0 aliphatic carbocycles. The predicted molar refractivity (Wildman–Crippen MR) is 109 cm³/mol. The van der Waals surface area contributed by atoms with Crippen LogP contribution in [0.5, 0.6) is 0 Å². The van der Waals surface area contributed by atoms with Crippen molar-refractivity contribution in [3.05, 3.63) is 59.5 Å². The topological polar surface area (TPSA) is 97.2 Å². The maximum Gasteiger partial charge on any atom is 0.252 e. The Labute approximate surface area is 173 Å². The zero-order valence-corrected chi connectivity index (χ0v) is 17.3. The summed E-state index contributed by atoms with van der Waals surface area (Å²) in [5.41, 5.74) is 1.86.